The number of pyridine rings is 1. The van der Waals surface area contributed by atoms with E-state index < -0.39 is 6.10 Å². The van der Waals surface area contributed by atoms with Gasteiger partial charge in [0.1, 0.15) is 0 Å². The number of nitrogens with one attached hydrogen (secondary N) is 1. The van der Waals surface area contributed by atoms with E-state index in [1.807, 2.05) is 6.07 Å². The summed E-state index contributed by atoms with van der Waals surface area (Å²) in [6, 6.07) is 3.94. The summed E-state index contributed by atoms with van der Waals surface area (Å²) in [5, 5.41) is 13.1. The molecule has 2 atom stereocenters. The standard InChI is InChI=1S/C15H24N2O2/c1-3-9-16-13-5-4-6-14-12(13)7-8-15(19)17(14)10-11(2)18/h7-8,11,13,16,18H,3-6,9-10H2,1-2H3. The van der Waals surface area contributed by atoms with Gasteiger partial charge in [0, 0.05) is 17.8 Å². The Morgan fingerprint density at radius 1 is 1.53 bits per heavy atom. The normalized spacial score (nSPS) is 20.1. The summed E-state index contributed by atoms with van der Waals surface area (Å²) in [6.07, 6.45) is 3.77. The molecule has 1 aromatic rings. The summed E-state index contributed by atoms with van der Waals surface area (Å²) in [6.45, 7) is 5.27. The first-order valence-corrected chi connectivity index (χ1v) is 7.27. The van der Waals surface area contributed by atoms with Gasteiger partial charge >= 0.3 is 0 Å². The molecule has 19 heavy (non-hydrogen) atoms. The lowest BCUT2D eigenvalue weighted by atomic mass is 9.90. The van der Waals surface area contributed by atoms with Crippen LogP contribution in [0.4, 0.5) is 0 Å². The third kappa shape index (κ3) is 3.25. The maximum absolute atomic E-state index is 12.0. The van der Waals surface area contributed by atoms with Crippen molar-refractivity contribution < 1.29 is 5.11 Å². The Balaban J connectivity index is 2.34. The molecule has 2 N–H and O–H groups in total. The van der Waals surface area contributed by atoms with Crippen molar-refractivity contribution in [3.8, 4) is 0 Å². The quantitative estimate of drug-likeness (QED) is 0.849. The second-order valence-electron chi connectivity index (χ2n) is 5.43. The molecule has 106 valence electrons. The van der Waals surface area contributed by atoms with Gasteiger partial charge in [0.05, 0.1) is 12.6 Å². The molecule has 0 aliphatic heterocycles. The molecular formula is C15H24N2O2. The van der Waals surface area contributed by atoms with Crippen LogP contribution in [0.3, 0.4) is 0 Å². The lowest BCUT2D eigenvalue weighted by Gasteiger charge is -2.29. The van der Waals surface area contributed by atoms with Crippen LogP contribution in [0.5, 0.6) is 0 Å². The molecule has 4 heteroatoms. The van der Waals surface area contributed by atoms with Crippen LogP contribution in [-0.4, -0.2) is 22.3 Å². The van der Waals surface area contributed by atoms with Crippen molar-refractivity contribution in [2.75, 3.05) is 6.54 Å². The van der Waals surface area contributed by atoms with E-state index >= 15 is 0 Å². The van der Waals surface area contributed by atoms with E-state index in [0.29, 0.717) is 12.6 Å². The highest BCUT2D eigenvalue weighted by Gasteiger charge is 2.22. The van der Waals surface area contributed by atoms with Crippen molar-refractivity contribution in [3.05, 3.63) is 33.7 Å². The van der Waals surface area contributed by atoms with Gasteiger partial charge in [0.15, 0.2) is 0 Å². The highest BCUT2D eigenvalue weighted by atomic mass is 16.3. The first-order valence-electron chi connectivity index (χ1n) is 7.27. The van der Waals surface area contributed by atoms with Crippen molar-refractivity contribution in [2.24, 2.45) is 0 Å². The third-order valence-electron chi connectivity index (χ3n) is 3.70. The van der Waals surface area contributed by atoms with Crippen LogP contribution >= 0.6 is 0 Å². The molecule has 0 spiro atoms. The lowest BCUT2D eigenvalue weighted by Crippen LogP contribution is -2.33. The fraction of sp³-hybridized carbons (Fsp3) is 0.667. The molecule has 0 bridgehead atoms. The minimum absolute atomic E-state index is 0.00390. The topological polar surface area (TPSA) is 54.3 Å². The van der Waals surface area contributed by atoms with Gasteiger partial charge in [-0.05, 0) is 44.7 Å². The van der Waals surface area contributed by atoms with Gasteiger partial charge in [-0.15, -0.1) is 0 Å². The molecule has 1 aliphatic rings. The van der Waals surface area contributed by atoms with Crippen LogP contribution in [0.15, 0.2) is 16.9 Å². The van der Waals surface area contributed by atoms with Crippen molar-refractivity contribution in [1.29, 1.82) is 0 Å². The van der Waals surface area contributed by atoms with Crippen molar-refractivity contribution in [2.45, 2.75) is 58.2 Å². The van der Waals surface area contributed by atoms with Gasteiger partial charge in [0.25, 0.3) is 5.56 Å². The molecule has 0 saturated carbocycles. The number of nitrogens with zero attached hydrogens (tertiary/aromatic N) is 1. The molecule has 0 aromatic carbocycles. The lowest BCUT2D eigenvalue weighted by molar-refractivity contribution is 0.170. The Morgan fingerprint density at radius 2 is 2.32 bits per heavy atom. The number of rotatable bonds is 5. The fourth-order valence-electron chi connectivity index (χ4n) is 2.86. The minimum atomic E-state index is -0.492. The maximum atomic E-state index is 12.0. The van der Waals surface area contributed by atoms with Gasteiger partial charge in [-0.2, -0.15) is 0 Å². The minimum Gasteiger partial charge on any atom is -0.392 e. The second kappa shape index (κ2) is 6.35. The van der Waals surface area contributed by atoms with E-state index in [4.69, 9.17) is 0 Å². The van der Waals surface area contributed by atoms with E-state index in [1.54, 1.807) is 17.6 Å². The summed E-state index contributed by atoms with van der Waals surface area (Å²) in [7, 11) is 0. The monoisotopic (exact) mass is 264 g/mol. The van der Waals surface area contributed by atoms with Crippen LogP contribution in [0, 0.1) is 0 Å². The molecule has 0 saturated heterocycles. The number of hydrogen-bond acceptors (Lipinski definition) is 3. The zero-order valence-electron chi connectivity index (χ0n) is 11.9. The van der Waals surface area contributed by atoms with Crippen molar-refractivity contribution in [3.63, 3.8) is 0 Å². The highest BCUT2D eigenvalue weighted by molar-refractivity contribution is 5.27. The average molecular weight is 264 g/mol. The third-order valence-corrected chi connectivity index (χ3v) is 3.70. The molecule has 1 aromatic heterocycles. The largest absolute Gasteiger partial charge is 0.392 e. The Morgan fingerprint density at radius 3 is 3.00 bits per heavy atom. The van der Waals surface area contributed by atoms with E-state index in [0.717, 1.165) is 37.9 Å². The Labute approximate surface area is 114 Å². The van der Waals surface area contributed by atoms with E-state index in [1.165, 1.54) is 5.56 Å². The van der Waals surface area contributed by atoms with Crippen molar-refractivity contribution in [1.82, 2.24) is 9.88 Å². The van der Waals surface area contributed by atoms with Gasteiger partial charge in [-0.3, -0.25) is 4.79 Å². The first kappa shape index (κ1) is 14.3. The predicted octanol–water partition coefficient (Wildman–Crippen LogP) is 1.61. The molecular weight excluding hydrogens is 240 g/mol. The molecule has 2 rings (SSSR count). The van der Waals surface area contributed by atoms with E-state index in [2.05, 4.69) is 12.2 Å². The molecule has 4 nitrogen and oxygen atoms in total. The van der Waals surface area contributed by atoms with Crippen molar-refractivity contribution >= 4 is 0 Å². The number of hydrogen-bond donors (Lipinski definition) is 2. The van der Waals surface area contributed by atoms with Crippen LogP contribution < -0.4 is 10.9 Å². The summed E-state index contributed by atoms with van der Waals surface area (Å²) >= 11 is 0. The molecule has 0 radical (unpaired) electrons. The molecule has 2 unspecified atom stereocenters. The number of aliphatic hydroxyl groups excluding tert-OH is 1. The summed E-state index contributed by atoms with van der Waals surface area (Å²) in [4.78, 5) is 12.0. The van der Waals surface area contributed by atoms with Gasteiger partial charge in [-0.1, -0.05) is 13.0 Å². The molecule has 0 amide bonds. The number of aromatic nitrogens is 1. The highest BCUT2D eigenvalue weighted by Crippen LogP contribution is 2.28. The Hall–Kier alpha value is -1.13. The van der Waals surface area contributed by atoms with Crippen LogP contribution in [-0.2, 0) is 13.0 Å². The second-order valence-corrected chi connectivity index (χ2v) is 5.43. The first-order chi connectivity index (χ1) is 9.13. The van der Waals surface area contributed by atoms with Crippen LogP contribution in [0.1, 0.15) is 50.4 Å². The van der Waals surface area contributed by atoms with Crippen LogP contribution in [0.2, 0.25) is 0 Å². The van der Waals surface area contributed by atoms with Crippen LogP contribution in [0.25, 0.3) is 0 Å². The fourth-order valence-corrected chi connectivity index (χ4v) is 2.86. The maximum Gasteiger partial charge on any atom is 0.250 e. The molecule has 1 aliphatic carbocycles. The zero-order valence-corrected chi connectivity index (χ0v) is 11.9. The summed E-state index contributed by atoms with van der Waals surface area (Å²) in [5.41, 5.74) is 2.34. The predicted molar refractivity (Wildman–Crippen MR) is 76.4 cm³/mol. The summed E-state index contributed by atoms with van der Waals surface area (Å²) in [5.74, 6) is 0. The van der Waals surface area contributed by atoms with Gasteiger partial charge in [-0.25, -0.2) is 0 Å². The van der Waals surface area contributed by atoms with Gasteiger partial charge in [0.2, 0.25) is 0 Å². The molecule has 1 heterocycles. The van der Waals surface area contributed by atoms with E-state index in [-0.39, 0.29) is 5.56 Å². The Kier molecular flexibility index (Phi) is 4.77. The van der Waals surface area contributed by atoms with E-state index in [9.17, 15) is 9.90 Å². The SMILES string of the molecule is CCCNC1CCCc2c1ccc(=O)n2CC(C)O. The average Bonchev–Trinajstić information content (AvgIpc) is 2.39. The zero-order chi connectivity index (χ0) is 13.8. The Bertz CT molecular complexity index is 480. The summed E-state index contributed by atoms with van der Waals surface area (Å²) < 4.78 is 1.75. The van der Waals surface area contributed by atoms with Gasteiger partial charge < -0.3 is 15.0 Å². The number of fused-ring (bicyclic) bond motifs is 1. The smallest absolute Gasteiger partial charge is 0.250 e. The number of aliphatic hydroxyl groups is 1. The molecule has 0 fully saturated rings.